The van der Waals surface area contributed by atoms with Gasteiger partial charge in [0.05, 0.1) is 0 Å². The minimum Gasteiger partial charge on any atom is -0.281 e. The van der Waals surface area contributed by atoms with Crippen molar-refractivity contribution >= 4 is 16.0 Å². The Labute approximate surface area is 56.0 Å². The van der Waals surface area contributed by atoms with Crippen LogP contribution < -0.4 is 0 Å². The topological polar surface area (TPSA) is 96.2 Å². The van der Waals surface area contributed by atoms with E-state index in [1.807, 2.05) is 0 Å². The molecule has 0 saturated carbocycles. The summed E-state index contributed by atoms with van der Waals surface area (Å²) >= 11 is 0. The van der Waals surface area contributed by atoms with E-state index in [1.54, 1.807) is 0 Å². The van der Waals surface area contributed by atoms with E-state index < -0.39 is 21.1 Å². The molecule has 0 spiro atoms. The van der Waals surface area contributed by atoms with Crippen molar-refractivity contribution in [1.29, 1.82) is 0 Å². The molecule has 1 amide bonds. The number of carbonyl (C=O) groups excluding carboxylic acids is 1. The zero-order valence-corrected chi connectivity index (χ0v) is 5.37. The summed E-state index contributed by atoms with van der Waals surface area (Å²) in [5.74, 6) is -0.785. The molecule has 0 aromatic carbocycles. The molecule has 6 nitrogen and oxygen atoms in total. The summed E-state index contributed by atoms with van der Waals surface area (Å²) in [6.45, 7) is 0. The molecule has 1 rings (SSSR count). The van der Waals surface area contributed by atoms with Crippen molar-refractivity contribution in [3.63, 3.8) is 0 Å². The lowest BCUT2D eigenvalue weighted by molar-refractivity contribution is -0.113. The third-order valence-electron chi connectivity index (χ3n) is 0.758. The molecule has 54 valence electrons. The van der Waals surface area contributed by atoms with Crippen molar-refractivity contribution in [3.8, 4) is 0 Å². The quantitative estimate of drug-likeness (QED) is 0.535. The fourth-order valence-electron chi connectivity index (χ4n) is 0.388. The Kier molecular flexibility index (Phi) is 1.38. The molecule has 0 aliphatic carbocycles. The summed E-state index contributed by atoms with van der Waals surface area (Å²) in [6.07, 6.45) is 0.634. The van der Waals surface area contributed by atoms with Crippen LogP contribution in [0, 0.1) is 0 Å². The standard InChI is InChI=1S/C3H2N2O4S/c6-2-1-3(5-4-2)10(7,8)9/h1H,(H,7,8,9). The molecule has 1 N–H and O–H groups in total. The summed E-state index contributed by atoms with van der Waals surface area (Å²) in [5.41, 5.74) is 0. The van der Waals surface area contributed by atoms with Gasteiger partial charge in [0.15, 0.2) is 0 Å². The minimum atomic E-state index is -4.36. The van der Waals surface area contributed by atoms with Crippen molar-refractivity contribution in [3.05, 3.63) is 11.1 Å². The van der Waals surface area contributed by atoms with Crippen molar-refractivity contribution < 1.29 is 17.8 Å². The average Bonchev–Trinajstić information content (AvgIpc) is 2.11. The number of hydrogen-bond acceptors (Lipinski definition) is 4. The molecule has 1 aliphatic heterocycles. The predicted molar refractivity (Wildman–Crippen MR) is 29.5 cm³/mol. The predicted octanol–water partition coefficient (Wildman–Crippen LogP) is -0.292. The van der Waals surface area contributed by atoms with Crippen LogP contribution in [0.5, 0.6) is 0 Å². The largest absolute Gasteiger partial charge is 0.314 e. The Morgan fingerprint density at radius 3 is 2.20 bits per heavy atom. The van der Waals surface area contributed by atoms with E-state index in [0.29, 0.717) is 6.08 Å². The van der Waals surface area contributed by atoms with Gasteiger partial charge in [0.1, 0.15) is 0 Å². The van der Waals surface area contributed by atoms with Gasteiger partial charge in [-0.2, -0.15) is 8.42 Å². The molecule has 0 aromatic rings. The van der Waals surface area contributed by atoms with Crippen molar-refractivity contribution in [2.75, 3.05) is 0 Å². The van der Waals surface area contributed by atoms with Crippen LogP contribution in [0.4, 0.5) is 0 Å². The Morgan fingerprint density at radius 2 is 2.00 bits per heavy atom. The van der Waals surface area contributed by atoms with Gasteiger partial charge in [0.25, 0.3) is 5.91 Å². The number of rotatable bonds is 1. The maximum Gasteiger partial charge on any atom is 0.314 e. The highest BCUT2D eigenvalue weighted by Crippen LogP contribution is 2.11. The first-order chi connectivity index (χ1) is 4.50. The Morgan fingerprint density at radius 1 is 1.40 bits per heavy atom. The Hall–Kier alpha value is -1.08. The van der Waals surface area contributed by atoms with Crippen LogP contribution in [-0.2, 0) is 14.9 Å². The van der Waals surface area contributed by atoms with Crippen LogP contribution in [0.2, 0.25) is 0 Å². The minimum absolute atomic E-state index is 0.634. The summed E-state index contributed by atoms with van der Waals surface area (Å²) < 4.78 is 28.6. The lowest BCUT2D eigenvalue weighted by atomic mass is 10.6. The normalized spacial score (nSPS) is 17.7. The maximum atomic E-state index is 10.2. The summed E-state index contributed by atoms with van der Waals surface area (Å²) in [7, 11) is -4.36. The number of hydrogen-bond donors (Lipinski definition) is 1. The monoisotopic (exact) mass is 162 g/mol. The summed E-state index contributed by atoms with van der Waals surface area (Å²) in [4.78, 5) is 10.2. The number of azo groups is 1. The lowest BCUT2D eigenvalue weighted by Gasteiger charge is -1.85. The highest BCUT2D eigenvalue weighted by atomic mass is 32.2. The highest BCUT2D eigenvalue weighted by molar-refractivity contribution is 7.89. The number of carbonyl (C=O) groups is 1. The SMILES string of the molecule is O=C1C=C(S(=O)(=O)O)N=N1. The Balaban J connectivity index is 3.11. The summed E-state index contributed by atoms with van der Waals surface area (Å²) in [6, 6.07) is 0. The molecule has 0 unspecified atom stereocenters. The molecule has 0 atom stereocenters. The maximum absolute atomic E-state index is 10.2. The van der Waals surface area contributed by atoms with Gasteiger partial charge in [-0.25, -0.2) is 0 Å². The van der Waals surface area contributed by atoms with E-state index in [1.165, 1.54) is 0 Å². The first-order valence-corrected chi connectivity index (χ1v) is 3.59. The molecule has 0 aromatic heterocycles. The molecule has 1 heterocycles. The van der Waals surface area contributed by atoms with Crippen LogP contribution in [0.3, 0.4) is 0 Å². The molecular weight excluding hydrogens is 160 g/mol. The fourth-order valence-corrected chi connectivity index (χ4v) is 0.782. The van der Waals surface area contributed by atoms with Crippen LogP contribution in [0.15, 0.2) is 21.3 Å². The van der Waals surface area contributed by atoms with Gasteiger partial charge in [0, 0.05) is 6.08 Å². The third-order valence-corrected chi connectivity index (χ3v) is 1.49. The van der Waals surface area contributed by atoms with E-state index in [2.05, 4.69) is 10.2 Å². The Bertz CT molecular complexity index is 324. The van der Waals surface area contributed by atoms with E-state index in [9.17, 15) is 13.2 Å². The molecule has 0 saturated heterocycles. The smallest absolute Gasteiger partial charge is 0.281 e. The molecule has 0 fully saturated rings. The molecule has 0 bridgehead atoms. The number of amides is 1. The van der Waals surface area contributed by atoms with Gasteiger partial charge in [-0.05, 0) is 0 Å². The average molecular weight is 162 g/mol. The zero-order valence-electron chi connectivity index (χ0n) is 4.55. The van der Waals surface area contributed by atoms with Crippen molar-refractivity contribution in [1.82, 2.24) is 0 Å². The van der Waals surface area contributed by atoms with Crippen LogP contribution in [0.1, 0.15) is 0 Å². The van der Waals surface area contributed by atoms with Gasteiger partial charge in [-0.15, -0.1) is 10.2 Å². The molecule has 7 heteroatoms. The van der Waals surface area contributed by atoms with Gasteiger partial charge in [0.2, 0.25) is 5.03 Å². The van der Waals surface area contributed by atoms with Crippen LogP contribution in [0.25, 0.3) is 0 Å². The van der Waals surface area contributed by atoms with Gasteiger partial charge < -0.3 is 0 Å². The zero-order chi connectivity index (χ0) is 7.78. The highest BCUT2D eigenvalue weighted by Gasteiger charge is 2.19. The van der Waals surface area contributed by atoms with Gasteiger partial charge in [-0.3, -0.25) is 9.35 Å². The second-order valence-electron chi connectivity index (χ2n) is 1.50. The van der Waals surface area contributed by atoms with Crippen LogP contribution >= 0.6 is 0 Å². The molecule has 0 radical (unpaired) electrons. The van der Waals surface area contributed by atoms with Gasteiger partial charge in [-0.1, -0.05) is 0 Å². The molecule has 1 aliphatic rings. The second-order valence-corrected chi connectivity index (χ2v) is 2.86. The number of nitrogens with zero attached hydrogens (tertiary/aromatic N) is 2. The van der Waals surface area contributed by atoms with E-state index in [-0.39, 0.29) is 0 Å². The van der Waals surface area contributed by atoms with Crippen molar-refractivity contribution in [2.24, 2.45) is 10.2 Å². The summed E-state index contributed by atoms with van der Waals surface area (Å²) in [5, 5.41) is 5.01. The first kappa shape index (κ1) is 7.03. The van der Waals surface area contributed by atoms with E-state index in [4.69, 9.17) is 4.55 Å². The van der Waals surface area contributed by atoms with Gasteiger partial charge >= 0.3 is 10.1 Å². The van der Waals surface area contributed by atoms with Crippen LogP contribution in [-0.4, -0.2) is 18.9 Å². The van der Waals surface area contributed by atoms with E-state index in [0.717, 1.165) is 0 Å². The molecular formula is C3H2N2O4S. The third kappa shape index (κ3) is 1.25. The van der Waals surface area contributed by atoms with E-state index >= 15 is 0 Å². The first-order valence-electron chi connectivity index (χ1n) is 2.15. The fraction of sp³-hybridized carbons (Fsp3) is 0. The second kappa shape index (κ2) is 1.96. The lowest BCUT2D eigenvalue weighted by Crippen LogP contribution is -1.97. The van der Waals surface area contributed by atoms with Crippen molar-refractivity contribution in [2.45, 2.75) is 0 Å². The molecule has 10 heavy (non-hydrogen) atoms.